The smallest absolute Gasteiger partial charge is 0.176 e. The SMILES string of the molecule is O=C(CNCc1ccco1)c1ccc2c(c1)NCCO2. The van der Waals surface area contributed by atoms with Gasteiger partial charge in [0.1, 0.15) is 18.1 Å². The average molecular weight is 272 g/mol. The van der Waals surface area contributed by atoms with Crippen LogP contribution in [0.1, 0.15) is 16.1 Å². The van der Waals surface area contributed by atoms with Crippen LogP contribution in [0.2, 0.25) is 0 Å². The molecule has 2 N–H and O–H groups in total. The first kappa shape index (κ1) is 12.7. The van der Waals surface area contributed by atoms with Gasteiger partial charge in [0.15, 0.2) is 5.78 Å². The fourth-order valence-corrected chi connectivity index (χ4v) is 2.13. The van der Waals surface area contributed by atoms with Crippen LogP contribution in [0.25, 0.3) is 0 Å². The lowest BCUT2D eigenvalue weighted by Gasteiger charge is -2.19. The number of carbonyl (C=O) groups is 1. The largest absolute Gasteiger partial charge is 0.490 e. The Balaban J connectivity index is 1.59. The van der Waals surface area contributed by atoms with Crippen molar-refractivity contribution >= 4 is 11.5 Å². The van der Waals surface area contributed by atoms with Gasteiger partial charge in [-0.15, -0.1) is 0 Å². The van der Waals surface area contributed by atoms with Crippen LogP contribution in [-0.2, 0) is 6.54 Å². The molecule has 0 atom stereocenters. The summed E-state index contributed by atoms with van der Waals surface area (Å²) in [7, 11) is 0. The van der Waals surface area contributed by atoms with Crippen LogP contribution in [-0.4, -0.2) is 25.5 Å². The van der Waals surface area contributed by atoms with Gasteiger partial charge in [0, 0.05) is 12.1 Å². The van der Waals surface area contributed by atoms with E-state index in [1.54, 1.807) is 12.3 Å². The summed E-state index contributed by atoms with van der Waals surface area (Å²) >= 11 is 0. The zero-order valence-corrected chi connectivity index (χ0v) is 11.0. The van der Waals surface area contributed by atoms with Gasteiger partial charge in [-0.05, 0) is 30.3 Å². The second-order valence-corrected chi connectivity index (χ2v) is 4.59. The van der Waals surface area contributed by atoms with Gasteiger partial charge < -0.3 is 19.8 Å². The van der Waals surface area contributed by atoms with Gasteiger partial charge in [0.2, 0.25) is 0 Å². The monoisotopic (exact) mass is 272 g/mol. The fraction of sp³-hybridized carbons (Fsp3) is 0.267. The number of ketones is 1. The molecule has 0 bridgehead atoms. The molecule has 0 saturated carbocycles. The number of benzene rings is 1. The molecule has 0 radical (unpaired) electrons. The Morgan fingerprint density at radius 1 is 1.35 bits per heavy atom. The number of furan rings is 1. The van der Waals surface area contributed by atoms with E-state index in [2.05, 4.69) is 10.6 Å². The average Bonchev–Trinajstić information content (AvgIpc) is 3.00. The minimum atomic E-state index is 0.0479. The van der Waals surface area contributed by atoms with Crippen molar-refractivity contribution in [1.82, 2.24) is 5.32 Å². The van der Waals surface area contributed by atoms with Crippen molar-refractivity contribution in [3.63, 3.8) is 0 Å². The Kier molecular flexibility index (Phi) is 3.69. The molecular weight excluding hydrogens is 256 g/mol. The molecule has 2 heterocycles. The highest BCUT2D eigenvalue weighted by atomic mass is 16.5. The van der Waals surface area contributed by atoms with E-state index in [9.17, 15) is 4.79 Å². The first-order valence-corrected chi connectivity index (χ1v) is 6.60. The van der Waals surface area contributed by atoms with Gasteiger partial charge >= 0.3 is 0 Å². The number of hydrogen-bond acceptors (Lipinski definition) is 5. The summed E-state index contributed by atoms with van der Waals surface area (Å²) in [6.07, 6.45) is 1.62. The second-order valence-electron chi connectivity index (χ2n) is 4.59. The van der Waals surface area contributed by atoms with E-state index in [4.69, 9.17) is 9.15 Å². The molecule has 3 rings (SSSR count). The minimum absolute atomic E-state index is 0.0479. The molecule has 0 fully saturated rings. The second kappa shape index (κ2) is 5.79. The van der Waals surface area contributed by atoms with E-state index in [-0.39, 0.29) is 12.3 Å². The predicted octanol–water partition coefficient (Wildman–Crippen LogP) is 2.06. The number of carbonyl (C=O) groups excluding carboxylic acids is 1. The van der Waals surface area contributed by atoms with E-state index in [1.165, 1.54) is 0 Å². The maximum atomic E-state index is 12.1. The zero-order valence-electron chi connectivity index (χ0n) is 11.0. The van der Waals surface area contributed by atoms with Gasteiger partial charge in [-0.25, -0.2) is 0 Å². The number of nitrogens with one attached hydrogen (secondary N) is 2. The summed E-state index contributed by atoms with van der Waals surface area (Å²) in [6.45, 7) is 2.25. The third kappa shape index (κ3) is 2.83. The zero-order chi connectivity index (χ0) is 13.8. The molecule has 1 aromatic heterocycles. The lowest BCUT2D eigenvalue weighted by Crippen LogP contribution is -2.23. The minimum Gasteiger partial charge on any atom is -0.490 e. The van der Waals surface area contributed by atoms with Gasteiger partial charge in [-0.3, -0.25) is 4.79 Å². The summed E-state index contributed by atoms with van der Waals surface area (Å²) in [5, 5.41) is 6.29. The molecule has 1 aromatic carbocycles. The molecule has 0 spiro atoms. The number of Topliss-reactive ketones (excluding diaryl/α,β-unsaturated/α-hetero) is 1. The normalized spacial score (nSPS) is 13.2. The molecule has 0 unspecified atom stereocenters. The highest BCUT2D eigenvalue weighted by Gasteiger charge is 2.13. The molecule has 0 amide bonds. The first-order chi connectivity index (χ1) is 9.83. The van der Waals surface area contributed by atoms with Crippen molar-refractivity contribution in [3.8, 4) is 5.75 Å². The van der Waals surface area contributed by atoms with E-state index >= 15 is 0 Å². The van der Waals surface area contributed by atoms with Gasteiger partial charge in [0.05, 0.1) is 25.0 Å². The van der Waals surface area contributed by atoms with Gasteiger partial charge in [-0.1, -0.05) is 0 Å². The number of anilines is 1. The van der Waals surface area contributed by atoms with Crippen LogP contribution in [0.5, 0.6) is 5.75 Å². The highest BCUT2D eigenvalue weighted by Crippen LogP contribution is 2.28. The highest BCUT2D eigenvalue weighted by molar-refractivity contribution is 5.98. The Hall–Kier alpha value is -2.27. The quantitative estimate of drug-likeness (QED) is 0.816. The summed E-state index contributed by atoms with van der Waals surface area (Å²) in [4.78, 5) is 12.1. The van der Waals surface area contributed by atoms with Crippen molar-refractivity contribution in [2.24, 2.45) is 0 Å². The number of hydrogen-bond donors (Lipinski definition) is 2. The van der Waals surface area contributed by atoms with Crippen molar-refractivity contribution in [2.45, 2.75) is 6.54 Å². The van der Waals surface area contributed by atoms with E-state index in [0.717, 1.165) is 23.7 Å². The van der Waals surface area contributed by atoms with E-state index in [0.29, 0.717) is 18.7 Å². The van der Waals surface area contributed by atoms with E-state index in [1.807, 2.05) is 24.3 Å². The number of fused-ring (bicyclic) bond motifs is 1. The topological polar surface area (TPSA) is 63.5 Å². The first-order valence-electron chi connectivity index (χ1n) is 6.60. The molecule has 104 valence electrons. The van der Waals surface area contributed by atoms with Gasteiger partial charge in [0.25, 0.3) is 0 Å². The van der Waals surface area contributed by atoms with Crippen LogP contribution in [0.15, 0.2) is 41.0 Å². The van der Waals surface area contributed by atoms with Crippen LogP contribution in [0, 0.1) is 0 Å². The standard InChI is InChI=1S/C15H16N2O3/c18-14(10-16-9-12-2-1-6-19-12)11-3-4-15-13(8-11)17-5-7-20-15/h1-4,6,8,16-17H,5,7,9-10H2. The van der Waals surface area contributed by atoms with Crippen molar-refractivity contribution in [2.75, 3.05) is 25.0 Å². The van der Waals surface area contributed by atoms with Crippen LogP contribution in [0.3, 0.4) is 0 Å². The third-order valence-corrected chi connectivity index (χ3v) is 3.14. The lowest BCUT2D eigenvalue weighted by molar-refractivity contribution is 0.0990. The Bertz CT molecular complexity index is 593. The van der Waals surface area contributed by atoms with Gasteiger partial charge in [-0.2, -0.15) is 0 Å². The van der Waals surface area contributed by atoms with E-state index < -0.39 is 0 Å². The van der Waals surface area contributed by atoms with Crippen LogP contribution in [0.4, 0.5) is 5.69 Å². The maximum Gasteiger partial charge on any atom is 0.176 e. The molecule has 5 nitrogen and oxygen atoms in total. The lowest BCUT2D eigenvalue weighted by atomic mass is 10.1. The summed E-state index contributed by atoms with van der Waals surface area (Å²) in [5.41, 5.74) is 1.56. The molecule has 0 aliphatic carbocycles. The summed E-state index contributed by atoms with van der Waals surface area (Å²) in [5.74, 6) is 1.67. The predicted molar refractivity (Wildman–Crippen MR) is 75.2 cm³/mol. The van der Waals surface area contributed by atoms with Crippen molar-refractivity contribution < 1.29 is 13.9 Å². The molecule has 5 heteroatoms. The van der Waals surface area contributed by atoms with Crippen molar-refractivity contribution in [3.05, 3.63) is 47.9 Å². The van der Waals surface area contributed by atoms with Crippen molar-refractivity contribution in [1.29, 1.82) is 0 Å². The molecule has 20 heavy (non-hydrogen) atoms. The maximum absolute atomic E-state index is 12.1. The molecule has 1 aliphatic heterocycles. The number of ether oxygens (including phenoxy) is 1. The number of rotatable bonds is 5. The van der Waals surface area contributed by atoms with Crippen LogP contribution >= 0.6 is 0 Å². The fourth-order valence-electron chi connectivity index (χ4n) is 2.13. The Morgan fingerprint density at radius 3 is 3.15 bits per heavy atom. The molecule has 1 aliphatic rings. The molecular formula is C15H16N2O3. The summed E-state index contributed by atoms with van der Waals surface area (Å²) in [6, 6.07) is 9.17. The third-order valence-electron chi connectivity index (χ3n) is 3.14. The van der Waals surface area contributed by atoms with Crippen LogP contribution < -0.4 is 15.4 Å². The summed E-state index contributed by atoms with van der Waals surface area (Å²) < 4.78 is 10.7. The Morgan fingerprint density at radius 2 is 2.30 bits per heavy atom. The molecule has 0 saturated heterocycles. The molecule has 2 aromatic rings. The Labute approximate surface area is 116 Å².